The average molecular weight is 210 g/mol. The maximum atomic E-state index is 2.30. The molecule has 0 spiro atoms. The molecule has 0 aliphatic heterocycles. The molecule has 1 rings (SSSR count). The summed E-state index contributed by atoms with van der Waals surface area (Å²) in [6.07, 6.45) is 0. The zero-order valence-corrected chi connectivity index (χ0v) is 11.3. The van der Waals surface area contributed by atoms with E-state index in [4.69, 9.17) is 0 Å². The van der Waals surface area contributed by atoms with Gasteiger partial charge in [-0.2, -0.15) is 0 Å². The summed E-state index contributed by atoms with van der Waals surface area (Å²) in [5, 5.41) is 0. The van der Waals surface area contributed by atoms with E-state index in [0.29, 0.717) is 11.3 Å². The summed E-state index contributed by atoms with van der Waals surface area (Å²) in [7, 11) is 0. The first-order valence-corrected chi connectivity index (χ1v) is 6.17. The fourth-order valence-corrected chi connectivity index (χ4v) is 3.26. The van der Waals surface area contributed by atoms with Crippen LogP contribution in [-0.4, -0.2) is 0 Å². The highest BCUT2D eigenvalue weighted by Crippen LogP contribution is 2.39. The molecule has 0 aromatic carbocycles. The molecule has 0 saturated carbocycles. The molecule has 80 valence electrons. The normalized spacial score (nSPS) is 12.6. The van der Waals surface area contributed by atoms with Gasteiger partial charge in [-0.1, -0.05) is 34.6 Å². The Morgan fingerprint density at radius 1 is 1.00 bits per heavy atom. The van der Waals surface area contributed by atoms with Crippen LogP contribution in [0.15, 0.2) is 0 Å². The molecule has 0 aliphatic carbocycles. The van der Waals surface area contributed by atoms with E-state index in [9.17, 15) is 0 Å². The molecule has 0 saturated heterocycles. The third-order valence-electron chi connectivity index (χ3n) is 2.69. The minimum Gasteiger partial charge on any atom is -0.144 e. The van der Waals surface area contributed by atoms with Crippen molar-refractivity contribution in [1.29, 1.82) is 0 Å². The first-order valence-electron chi connectivity index (χ1n) is 5.35. The summed E-state index contributed by atoms with van der Waals surface area (Å²) in [6, 6.07) is 0. The predicted octanol–water partition coefficient (Wildman–Crippen LogP) is 4.79. The van der Waals surface area contributed by atoms with Crippen molar-refractivity contribution in [2.45, 2.75) is 59.8 Å². The Morgan fingerprint density at radius 2 is 1.50 bits per heavy atom. The third-order valence-corrected chi connectivity index (χ3v) is 4.81. The van der Waals surface area contributed by atoms with Crippen molar-refractivity contribution in [3.05, 3.63) is 20.9 Å². The van der Waals surface area contributed by atoms with Crippen LogP contribution in [0.25, 0.3) is 0 Å². The zero-order chi connectivity index (χ0) is 11.1. The Kier molecular flexibility index (Phi) is 3.10. The van der Waals surface area contributed by atoms with Crippen LogP contribution in [0.5, 0.6) is 0 Å². The Balaban J connectivity index is 3.29. The maximum Gasteiger partial charge on any atom is 0.0134 e. The lowest BCUT2D eigenvalue weighted by Crippen LogP contribution is -2.10. The number of thiophene rings is 1. The van der Waals surface area contributed by atoms with Gasteiger partial charge in [-0.05, 0) is 36.3 Å². The smallest absolute Gasteiger partial charge is 0.0134 e. The van der Waals surface area contributed by atoms with Gasteiger partial charge in [0.25, 0.3) is 0 Å². The number of hydrogen-bond donors (Lipinski definition) is 0. The summed E-state index contributed by atoms with van der Waals surface area (Å²) in [5.41, 5.74) is 3.31. The lowest BCUT2D eigenvalue weighted by atomic mass is 9.90. The lowest BCUT2D eigenvalue weighted by Gasteiger charge is -2.17. The van der Waals surface area contributed by atoms with E-state index in [1.165, 1.54) is 11.1 Å². The molecule has 14 heavy (non-hydrogen) atoms. The van der Waals surface area contributed by atoms with Crippen molar-refractivity contribution < 1.29 is 0 Å². The van der Waals surface area contributed by atoms with Crippen molar-refractivity contribution >= 4 is 11.3 Å². The van der Waals surface area contributed by atoms with E-state index in [1.807, 2.05) is 11.3 Å². The van der Waals surface area contributed by atoms with E-state index in [-0.39, 0.29) is 0 Å². The van der Waals surface area contributed by atoms with Crippen LogP contribution in [-0.2, 0) is 5.41 Å². The van der Waals surface area contributed by atoms with E-state index < -0.39 is 0 Å². The highest BCUT2D eigenvalue weighted by atomic mass is 32.1. The van der Waals surface area contributed by atoms with Gasteiger partial charge in [-0.15, -0.1) is 11.3 Å². The van der Waals surface area contributed by atoms with Crippen LogP contribution in [0.3, 0.4) is 0 Å². The van der Waals surface area contributed by atoms with E-state index in [0.717, 1.165) is 0 Å². The minimum absolute atomic E-state index is 0.298. The standard InChI is InChI=1S/C13H22S/c1-8(2)11-9(3)10(4)12(14-11)13(5,6)7/h8H,1-7H3. The molecule has 0 atom stereocenters. The molecular weight excluding hydrogens is 188 g/mol. The van der Waals surface area contributed by atoms with Gasteiger partial charge < -0.3 is 0 Å². The topological polar surface area (TPSA) is 0 Å². The van der Waals surface area contributed by atoms with Crippen LogP contribution >= 0.6 is 11.3 Å². The Labute approximate surface area is 92.4 Å². The molecule has 0 unspecified atom stereocenters. The maximum absolute atomic E-state index is 2.30. The Hall–Kier alpha value is -0.300. The molecule has 0 radical (unpaired) electrons. The van der Waals surface area contributed by atoms with Crippen molar-refractivity contribution in [1.82, 2.24) is 0 Å². The monoisotopic (exact) mass is 210 g/mol. The first kappa shape index (κ1) is 11.8. The van der Waals surface area contributed by atoms with E-state index in [2.05, 4.69) is 48.5 Å². The van der Waals surface area contributed by atoms with Crippen molar-refractivity contribution in [3.63, 3.8) is 0 Å². The lowest BCUT2D eigenvalue weighted by molar-refractivity contribution is 0.600. The molecule has 1 aromatic rings. The molecule has 0 nitrogen and oxygen atoms in total. The van der Waals surface area contributed by atoms with Gasteiger partial charge in [0.2, 0.25) is 0 Å². The Bertz CT molecular complexity index is 324. The van der Waals surface area contributed by atoms with Gasteiger partial charge in [-0.3, -0.25) is 0 Å². The molecule has 1 heteroatoms. The quantitative estimate of drug-likeness (QED) is 0.625. The van der Waals surface area contributed by atoms with Crippen molar-refractivity contribution in [2.75, 3.05) is 0 Å². The van der Waals surface area contributed by atoms with Crippen LogP contribution in [0.4, 0.5) is 0 Å². The summed E-state index contributed by atoms with van der Waals surface area (Å²) in [4.78, 5) is 3.12. The summed E-state index contributed by atoms with van der Waals surface area (Å²) < 4.78 is 0. The zero-order valence-electron chi connectivity index (χ0n) is 10.5. The minimum atomic E-state index is 0.298. The van der Waals surface area contributed by atoms with E-state index in [1.54, 1.807) is 9.75 Å². The highest BCUT2D eigenvalue weighted by Gasteiger charge is 2.22. The first-order chi connectivity index (χ1) is 6.25. The number of hydrogen-bond acceptors (Lipinski definition) is 1. The second kappa shape index (κ2) is 3.69. The van der Waals surface area contributed by atoms with Crippen LogP contribution in [0.2, 0.25) is 0 Å². The van der Waals surface area contributed by atoms with Gasteiger partial charge in [0.05, 0.1) is 0 Å². The third kappa shape index (κ3) is 2.03. The average Bonchev–Trinajstić information content (AvgIpc) is 2.28. The Morgan fingerprint density at radius 3 is 1.71 bits per heavy atom. The second-order valence-electron chi connectivity index (χ2n) is 5.45. The summed E-state index contributed by atoms with van der Waals surface area (Å²) >= 11 is 2.00. The largest absolute Gasteiger partial charge is 0.144 e. The van der Waals surface area contributed by atoms with Gasteiger partial charge in [0.15, 0.2) is 0 Å². The van der Waals surface area contributed by atoms with Crippen LogP contribution < -0.4 is 0 Å². The second-order valence-corrected chi connectivity index (χ2v) is 6.50. The fourth-order valence-electron chi connectivity index (χ4n) is 1.88. The van der Waals surface area contributed by atoms with Gasteiger partial charge in [0.1, 0.15) is 0 Å². The van der Waals surface area contributed by atoms with E-state index >= 15 is 0 Å². The van der Waals surface area contributed by atoms with Gasteiger partial charge in [0, 0.05) is 9.75 Å². The molecule has 1 heterocycles. The number of rotatable bonds is 1. The fraction of sp³-hybridized carbons (Fsp3) is 0.692. The predicted molar refractivity (Wildman–Crippen MR) is 66.6 cm³/mol. The molecule has 0 fully saturated rings. The molecule has 1 aromatic heterocycles. The molecule has 0 amide bonds. The SMILES string of the molecule is Cc1c(C(C)C)sc(C(C)(C)C)c1C. The van der Waals surface area contributed by atoms with Crippen LogP contribution in [0, 0.1) is 13.8 Å². The molecular formula is C13H22S. The van der Waals surface area contributed by atoms with Gasteiger partial charge in [-0.25, -0.2) is 0 Å². The van der Waals surface area contributed by atoms with Crippen molar-refractivity contribution in [2.24, 2.45) is 0 Å². The highest BCUT2D eigenvalue weighted by molar-refractivity contribution is 7.12. The van der Waals surface area contributed by atoms with Crippen molar-refractivity contribution in [3.8, 4) is 0 Å². The van der Waals surface area contributed by atoms with Crippen LogP contribution in [0.1, 0.15) is 61.4 Å². The summed E-state index contributed by atoms with van der Waals surface area (Å²) in [6.45, 7) is 16.0. The summed E-state index contributed by atoms with van der Waals surface area (Å²) in [5.74, 6) is 0.662. The molecule has 0 N–H and O–H groups in total. The van der Waals surface area contributed by atoms with Gasteiger partial charge >= 0.3 is 0 Å². The molecule has 0 bridgehead atoms. The molecule has 0 aliphatic rings.